The topological polar surface area (TPSA) is 104 Å². The van der Waals surface area contributed by atoms with Gasteiger partial charge in [0.2, 0.25) is 21.8 Å². The van der Waals surface area contributed by atoms with Crippen LogP contribution in [0, 0.1) is 5.82 Å². The molecule has 1 N–H and O–H groups in total. The van der Waals surface area contributed by atoms with Gasteiger partial charge in [0.1, 0.15) is 18.4 Å². The Labute approximate surface area is 193 Å². The number of benzene rings is 2. The lowest BCUT2D eigenvalue weighted by Crippen LogP contribution is -2.51. The second-order valence-electron chi connectivity index (χ2n) is 7.56. The summed E-state index contributed by atoms with van der Waals surface area (Å²) in [5.74, 6) is -1.96. The van der Waals surface area contributed by atoms with Crippen LogP contribution in [0.3, 0.4) is 0 Å². The summed E-state index contributed by atoms with van der Waals surface area (Å²) in [7, 11) is -3.93. The van der Waals surface area contributed by atoms with E-state index in [0.717, 1.165) is 15.5 Å². The monoisotopic (exact) mass is 477 g/mol. The Morgan fingerprint density at radius 1 is 1.09 bits per heavy atom. The zero-order chi connectivity index (χ0) is 24.8. The fourth-order valence-corrected chi connectivity index (χ4v) is 4.05. The molecule has 0 aliphatic carbocycles. The molecule has 1 atom stereocenters. The minimum Gasteiger partial charge on any atom is -0.355 e. The van der Waals surface area contributed by atoms with Crippen molar-refractivity contribution < 1.29 is 27.2 Å². The van der Waals surface area contributed by atoms with Crippen LogP contribution in [0.1, 0.15) is 36.7 Å². The van der Waals surface area contributed by atoms with Gasteiger partial charge in [0.25, 0.3) is 0 Å². The quantitative estimate of drug-likeness (QED) is 0.529. The number of nitrogens with zero attached hydrogens (tertiary/aromatic N) is 2. The van der Waals surface area contributed by atoms with E-state index < -0.39 is 40.2 Å². The predicted octanol–water partition coefficient (Wildman–Crippen LogP) is 2.35. The molecule has 0 aliphatic heterocycles. The number of ketones is 1. The summed E-state index contributed by atoms with van der Waals surface area (Å²) in [4.78, 5) is 38.7. The van der Waals surface area contributed by atoms with E-state index in [9.17, 15) is 27.2 Å². The van der Waals surface area contributed by atoms with E-state index in [1.807, 2.05) is 0 Å². The summed E-state index contributed by atoms with van der Waals surface area (Å²) >= 11 is 0. The van der Waals surface area contributed by atoms with E-state index in [0.29, 0.717) is 6.54 Å². The maximum Gasteiger partial charge on any atom is 0.244 e. The Morgan fingerprint density at radius 2 is 1.76 bits per heavy atom. The number of nitrogens with one attached hydrogen (secondary N) is 1. The van der Waals surface area contributed by atoms with Crippen LogP contribution < -0.4 is 9.62 Å². The van der Waals surface area contributed by atoms with Crippen molar-refractivity contribution in [3.05, 3.63) is 65.5 Å². The maximum absolute atomic E-state index is 14.3. The van der Waals surface area contributed by atoms with Crippen molar-refractivity contribution in [1.29, 1.82) is 0 Å². The molecule has 0 heterocycles. The number of likely N-dealkylation sites (N-methyl/N-ethyl adjacent to an activating group) is 1. The van der Waals surface area contributed by atoms with E-state index in [-0.39, 0.29) is 29.1 Å². The zero-order valence-corrected chi connectivity index (χ0v) is 19.9. The highest BCUT2D eigenvalue weighted by Crippen LogP contribution is 2.21. The Hall–Kier alpha value is -3.27. The molecule has 0 radical (unpaired) electrons. The van der Waals surface area contributed by atoms with Gasteiger partial charge in [-0.05, 0) is 39.0 Å². The summed E-state index contributed by atoms with van der Waals surface area (Å²) in [6, 6.07) is 10.8. The molecule has 2 rings (SSSR count). The number of sulfonamides is 1. The fraction of sp³-hybridized carbons (Fsp3) is 0.348. The van der Waals surface area contributed by atoms with E-state index in [1.165, 1.54) is 56.3 Å². The SMILES string of the molecule is CCNC(=O)[C@@H](C)N(Cc1ccccc1F)C(=O)CN(c1cccc(C(C)=O)c1)S(C)(=O)=O. The minimum absolute atomic E-state index is 0.134. The molecule has 0 spiro atoms. The van der Waals surface area contributed by atoms with Crippen LogP contribution in [-0.2, 0) is 26.2 Å². The maximum atomic E-state index is 14.3. The average Bonchev–Trinajstić information content (AvgIpc) is 2.75. The number of hydrogen-bond acceptors (Lipinski definition) is 5. The molecule has 0 aliphatic rings. The normalized spacial score (nSPS) is 12.0. The fourth-order valence-electron chi connectivity index (χ4n) is 3.21. The highest BCUT2D eigenvalue weighted by Gasteiger charge is 2.30. The Bertz CT molecular complexity index is 1140. The molecule has 2 amide bonds. The van der Waals surface area contributed by atoms with Gasteiger partial charge in [0.15, 0.2) is 5.78 Å². The first-order chi connectivity index (χ1) is 15.5. The number of halogens is 1. The second kappa shape index (κ2) is 11.0. The number of Topliss-reactive ketones (excluding diaryl/α,β-unsaturated/α-hetero) is 1. The number of amides is 2. The van der Waals surface area contributed by atoms with E-state index in [2.05, 4.69) is 5.32 Å². The molecule has 0 saturated carbocycles. The summed E-state index contributed by atoms with van der Waals surface area (Å²) in [5, 5.41) is 2.62. The minimum atomic E-state index is -3.93. The molecule has 178 valence electrons. The van der Waals surface area contributed by atoms with Crippen molar-refractivity contribution >= 4 is 33.3 Å². The third-order valence-corrected chi connectivity index (χ3v) is 6.18. The van der Waals surface area contributed by atoms with Crippen molar-refractivity contribution in [3.8, 4) is 0 Å². The number of rotatable bonds is 10. The van der Waals surface area contributed by atoms with E-state index in [1.54, 1.807) is 13.0 Å². The van der Waals surface area contributed by atoms with Crippen LogP contribution in [0.15, 0.2) is 48.5 Å². The van der Waals surface area contributed by atoms with Crippen LogP contribution in [0.5, 0.6) is 0 Å². The Balaban J connectivity index is 2.44. The third kappa shape index (κ3) is 6.85. The van der Waals surface area contributed by atoms with E-state index in [4.69, 9.17) is 0 Å². The Morgan fingerprint density at radius 3 is 2.33 bits per heavy atom. The first kappa shape index (κ1) is 26.0. The van der Waals surface area contributed by atoms with E-state index >= 15 is 0 Å². The molecule has 0 fully saturated rings. The van der Waals surface area contributed by atoms with Crippen molar-refractivity contribution in [2.45, 2.75) is 33.4 Å². The number of hydrogen-bond donors (Lipinski definition) is 1. The van der Waals surface area contributed by atoms with Gasteiger partial charge in [-0.2, -0.15) is 0 Å². The highest BCUT2D eigenvalue weighted by molar-refractivity contribution is 7.92. The van der Waals surface area contributed by atoms with Crippen molar-refractivity contribution in [2.75, 3.05) is 23.7 Å². The molecule has 10 heteroatoms. The lowest BCUT2D eigenvalue weighted by molar-refractivity contribution is -0.139. The van der Waals surface area contributed by atoms with Gasteiger partial charge in [-0.1, -0.05) is 30.3 Å². The summed E-state index contributed by atoms with van der Waals surface area (Å²) in [6.07, 6.45) is 0.940. The van der Waals surface area contributed by atoms with Gasteiger partial charge in [0.05, 0.1) is 11.9 Å². The molecular weight excluding hydrogens is 449 g/mol. The molecule has 0 bridgehead atoms. The predicted molar refractivity (Wildman–Crippen MR) is 124 cm³/mol. The molecule has 33 heavy (non-hydrogen) atoms. The van der Waals surface area contributed by atoms with Gasteiger partial charge in [-0.15, -0.1) is 0 Å². The largest absolute Gasteiger partial charge is 0.355 e. The summed E-state index contributed by atoms with van der Waals surface area (Å²) < 4.78 is 40.2. The van der Waals surface area contributed by atoms with Crippen LogP contribution in [0.25, 0.3) is 0 Å². The standard InChI is InChI=1S/C23H28FN3O5S/c1-5-25-23(30)16(2)26(14-19-9-6-7-12-21(19)24)22(29)15-27(33(4,31)32)20-11-8-10-18(13-20)17(3)28/h6-13,16H,5,14-15H2,1-4H3,(H,25,30)/t16-/m1/s1. The lowest BCUT2D eigenvalue weighted by Gasteiger charge is -2.31. The average molecular weight is 478 g/mol. The van der Waals surface area contributed by atoms with Gasteiger partial charge in [-0.3, -0.25) is 18.7 Å². The van der Waals surface area contributed by atoms with Crippen LogP contribution in [0.2, 0.25) is 0 Å². The second-order valence-corrected chi connectivity index (χ2v) is 9.47. The smallest absolute Gasteiger partial charge is 0.244 e. The van der Waals surface area contributed by atoms with Crippen LogP contribution >= 0.6 is 0 Å². The summed E-state index contributed by atoms with van der Waals surface area (Å²) in [6.45, 7) is 4.04. The van der Waals surface area contributed by atoms with Crippen molar-refractivity contribution in [2.24, 2.45) is 0 Å². The molecule has 8 nitrogen and oxygen atoms in total. The van der Waals surface area contributed by atoms with Crippen LogP contribution in [-0.4, -0.2) is 56.3 Å². The van der Waals surface area contributed by atoms with Crippen LogP contribution in [0.4, 0.5) is 10.1 Å². The number of carbonyl (C=O) groups is 3. The van der Waals surface area contributed by atoms with Gasteiger partial charge in [0, 0.05) is 24.2 Å². The van der Waals surface area contributed by atoms with Gasteiger partial charge in [-0.25, -0.2) is 12.8 Å². The van der Waals surface area contributed by atoms with Gasteiger partial charge < -0.3 is 10.2 Å². The third-order valence-electron chi connectivity index (χ3n) is 5.04. The van der Waals surface area contributed by atoms with Gasteiger partial charge >= 0.3 is 0 Å². The molecule has 2 aromatic rings. The zero-order valence-electron chi connectivity index (χ0n) is 19.0. The van der Waals surface area contributed by atoms with Crippen molar-refractivity contribution in [1.82, 2.24) is 10.2 Å². The number of anilines is 1. The highest BCUT2D eigenvalue weighted by atomic mass is 32.2. The molecule has 0 saturated heterocycles. The number of carbonyl (C=O) groups excluding carboxylic acids is 3. The molecule has 0 aromatic heterocycles. The van der Waals surface area contributed by atoms with Crippen molar-refractivity contribution in [3.63, 3.8) is 0 Å². The molecular formula is C23H28FN3O5S. The molecule has 2 aromatic carbocycles. The first-order valence-electron chi connectivity index (χ1n) is 10.3. The first-order valence-corrected chi connectivity index (χ1v) is 12.2. The molecule has 0 unspecified atom stereocenters. The lowest BCUT2D eigenvalue weighted by atomic mass is 10.1. The Kier molecular flexibility index (Phi) is 8.69. The summed E-state index contributed by atoms with van der Waals surface area (Å²) in [5.41, 5.74) is 0.606.